The summed E-state index contributed by atoms with van der Waals surface area (Å²) in [6.07, 6.45) is -0.964. The fourth-order valence-electron chi connectivity index (χ4n) is 1.65. The van der Waals surface area contributed by atoms with Crippen LogP contribution in [0.4, 0.5) is 13.2 Å². The van der Waals surface area contributed by atoms with Crippen LogP contribution >= 0.6 is 0 Å². The molecule has 0 amide bonds. The zero-order valence-corrected chi connectivity index (χ0v) is 8.62. The summed E-state index contributed by atoms with van der Waals surface area (Å²) in [6.45, 7) is 5.17. The molecule has 0 radical (unpaired) electrons. The van der Waals surface area contributed by atoms with Crippen molar-refractivity contribution in [3.05, 3.63) is 0 Å². The van der Waals surface area contributed by atoms with Crippen molar-refractivity contribution in [2.75, 3.05) is 0 Å². The first-order valence-electron chi connectivity index (χ1n) is 5.00. The van der Waals surface area contributed by atoms with Gasteiger partial charge in [0.1, 0.15) is 0 Å². The minimum atomic E-state index is -4.02. The molecule has 3 heteroatoms. The lowest BCUT2D eigenvalue weighted by Crippen LogP contribution is -2.27. The third-order valence-corrected chi connectivity index (χ3v) is 2.54. The molecule has 0 bridgehead atoms. The number of hydrogen-bond acceptors (Lipinski definition) is 0. The van der Waals surface area contributed by atoms with Crippen LogP contribution in [0, 0.1) is 11.8 Å². The van der Waals surface area contributed by atoms with Gasteiger partial charge in [0.15, 0.2) is 0 Å². The van der Waals surface area contributed by atoms with Gasteiger partial charge in [0.05, 0.1) is 5.92 Å². The van der Waals surface area contributed by atoms with Crippen molar-refractivity contribution in [2.45, 2.75) is 52.6 Å². The Labute approximate surface area is 78.5 Å². The van der Waals surface area contributed by atoms with E-state index in [4.69, 9.17) is 0 Å². The van der Waals surface area contributed by atoms with Crippen molar-refractivity contribution in [3.8, 4) is 0 Å². The van der Waals surface area contributed by atoms with Crippen LogP contribution in [0.15, 0.2) is 0 Å². The number of alkyl halides is 3. The van der Waals surface area contributed by atoms with Gasteiger partial charge in [0, 0.05) is 0 Å². The van der Waals surface area contributed by atoms with Crippen molar-refractivity contribution >= 4 is 0 Å². The molecule has 0 saturated heterocycles. The average Bonchev–Trinajstić information content (AvgIpc) is 2.01. The Morgan fingerprint density at radius 2 is 1.38 bits per heavy atom. The Hall–Kier alpha value is -0.210. The van der Waals surface area contributed by atoms with Gasteiger partial charge in [-0.15, -0.1) is 0 Å². The van der Waals surface area contributed by atoms with Gasteiger partial charge in [-0.1, -0.05) is 46.5 Å². The van der Waals surface area contributed by atoms with E-state index in [1.807, 2.05) is 13.8 Å². The molecule has 0 aromatic carbocycles. The van der Waals surface area contributed by atoms with Crippen LogP contribution in [0.25, 0.3) is 0 Å². The molecule has 0 heterocycles. The summed E-state index contributed by atoms with van der Waals surface area (Å²) < 4.78 is 37.0. The van der Waals surface area contributed by atoms with Crippen LogP contribution in [0.5, 0.6) is 0 Å². The number of rotatable bonds is 5. The zero-order valence-electron chi connectivity index (χ0n) is 8.62. The molecular formula is C10H19F3. The maximum absolute atomic E-state index is 12.3. The summed E-state index contributed by atoms with van der Waals surface area (Å²) >= 11 is 0. The second kappa shape index (κ2) is 5.51. The second-order valence-corrected chi connectivity index (χ2v) is 3.67. The van der Waals surface area contributed by atoms with Crippen molar-refractivity contribution in [2.24, 2.45) is 11.8 Å². The first kappa shape index (κ1) is 12.8. The van der Waals surface area contributed by atoms with Gasteiger partial charge in [0.2, 0.25) is 0 Å². The van der Waals surface area contributed by atoms with Gasteiger partial charge >= 0.3 is 6.18 Å². The number of hydrogen-bond donors (Lipinski definition) is 0. The maximum atomic E-state index is 12.3. The first-order valence-corrected chi connectivity index (χ1v) is 5.00. The third kappa shape index (κ3) is 4.53. The molecule has 0 N–H and O–H groups in total. The molecule has 0 spiro atoms. The molecule has 0 aliphatic heterocycles. The molecule has 0 nitrogen and oxygen atoms in total. The van der Waals surface area contributed by atoms with Crippen molar-refractivity contribution in [1.29, 1.82) is 0 Å². The smallest absolute Gasteiger partial charge is 0.171 e. The highest BCUT2D eigenvalue weighted by molar-refractivity contribution is 4.72. The highest BCUT2D eigenvalue weighted by Gasteiger charge is 2.40. The Kier molecular flexibility index (Phi) is 5.42. The monoisotopic (exact) mass is 196 g/mol. The predicted molar refractivity (Wildman–Crippen MR) is 48.5 cm³/mol. The van der Waals surface area contributed by atoms with Crippen LogP contribution in [-0.4, -0.2) is 6.18 Å². The van der Waals surface area contributed by atoms with Crippen molar-refractivity contribution in [3.63, 3.8) is 0 Å². The van der Waals surface area contributed by atoms with Crippen molar-refractivity contribution in [1.82, 2.24) is 0 Å². The highest BCUT2D eigenvalue weighted by atomic mass is 19.4. The van der Waals surface area contributed by atoms with Crippen LogP contribution in [-0.2, 0) is 0 Å². The lowest BCUT2D eigenvalue weighted by atomic mass is 9.86. The van der Waals surface area contributed by atoms with E-state index in [9.17, 15) is 13.2 Å². The van der Waals surface area contributed by atoms with E-state index in [0.29, 0.717) is 12.8 Å². The van der Waals surface area contributed by atoms with E-state index < -0.39 is 12.1 Å². The molecule has 0 aliphatic rings. The summed E-state index contributed by atoms with van der Waals surface area (Å²) in [5.74, 6) is -1.33. The fourth-order valence-corrected chi connectivity index (χ4v) is 1.65. The van der Waals surface area contributed by atoms with Crippen LogP contribution in [0.1, 0.15) is 46.5 Å². The first-order chi connectivity index (χ1) is 5.93. The second-order valence-electron chi connectivity index (χ2n) is 3.67. The molecule has 1 unspecified atom stereocenters. The minimum absolute atomic E-state index is 0.185. The molecule has 0 aromatic heterocycles. The van der Waals surface area contributed by atoms with Gasteiger partial charge in [-0.3, -0.25) is 0 Å². The molecule has 13 heavy (non-hydrogen) atoms. The van der Waals surface area contributed by atoms with Crippen molar-refractivity contribution < 1.29 is 13.2 Å². The Morgan fingerprint density at radius 1 is 1.00 bits per heavy atom. The SMILES string of the molecule is CCCC(CCC)C(C)C(F)(F)F. The van der Waals surface area contributed by atoms with Gasteiger partial charge in [-0.2, -0.15) is 13.2 Å². The third-order valence-electron chi connectivity index (χ3n) is 2.54. The highest BCUT2D eigenvalue weighted by Crippen LogP contribution is 2.35. The van der Waals surface area contributed by atoms with E-state index in [-0.39, 0.29) is 5.92 Å². The standard InChI is InChI=1S/C10H19F3/c1-4-6-9(7-5-2)8(3)10(11,12)13/h8-9H,4-7H2,1-3H3. The van der Waals surface area contributed by atoms with E-state index in [0.717, 1.165) is 12.8 Å². The van der Waals surface area contributed by atoms with Crippen LogP contribution in [0.2, 0.25) is 0 Å². The quantitative estimate of drug-likeness (QED) is 0.611. The maximum Gasteiger partial charge on any atom is 0.391 e. The Balaban J connectivity index is 4.18. The fraction of sp³-hybridized carbons (Fsp3) is 1.00. The summed E-state index contributed by atoms with van der Waals surface area (Å²) in [6, 6.07) is 0. The zero-order chi connectivity index (χ0) is 10.5. The molecule has 0 aromatic rings. The molecule has 1 atom stereocenters. The summed E-state index contributed by atoms with van der Waals surface area (Å²) in [5.41, 5.74) is 0. The molecule has 0 fully saturated rings. The van der Waals surface area contributed by atoms with Gasteiger partial charge in [-0.25, -0.2) is 0 Å². The van der Waals surface area contributed by atoms with E-state index in [1.54, 1.807) is 0 Å². The minimum Gasteiger partial charge on any atom is -0.171 e. The number of halogens is 3. The van der Waals surface area contributed by atoms with Gasteiger partial charge in [0.25, 0.3) is 0 Å². The Morgan fingerprint density at radius 3 is 1.62 bits per heavy atom. The topological polar surface area (TPSA) is 0 Å². The normalized spacial score (nSPS) is 15.0. The molecule has 0 aliphatic carbocycles. The van der Waals surface area contributed by atoms with E-state index in [1.165, 1.54) is 6.92 Å². The average molecular weight is 196 g/mol. The van der Waals surface area contributed by atoms with Crippen LogP contribution < -0.4 is 0 Å². The molecule has 0 saturated carbocycles. The lowest BCUT2D eigenvalue weighted by molar-refractivity contribution is -0.184. The largest absolute Gasteiger partial charge is 0.391 e. The molecule has 80 valence electrons. The van der Waals surface area contributed by atoms with Gasteiger partial charge in [-0.05, 0) is 5.92 Å². The summed E-state index contributed by atoms with van der Waals surface area (Å²) in [5, 5.41) is 0. The van der Waals surface area contributed by atoms with E-state index in [2.05, 4.69) is 0 Å². The molecule has 0 rings (SSSR count). The lowest BCUT2D eigenvalue weighted by Gasteiger charge is -2.25. The predicted octanol–water partition coefficient (Wildman–Crippen LogP) is 4.40. The van der Waals surface area contributed by atoms with E-state index >= 15 is 0 Å². The summed E-state index contributed by atoms with van der Waals surface area (Å²) in [7, 11) is 0. The molecular weight excluding hydrogens is 177 g/mol. The summed E-state index contributed by atoms with van der Waals surface area (Å²) in [4.78, 5) is 0. The Bertz CT molecular complexity index is 123. The van der Waals surface area contributed by atoms with Gasteiger partial charge < -0.3 is 0 Å². The van der Waals surface area contributed by atoms with Crippen LogP contribution in [0.3, 0.4) is 0 Å².